The molecule has 0 bridgehead atoms. The number of hydrogen-bond acceptors (Lipinski definition) is 6. The van der Waals surface area contributed by atoms with E-state index in [0.717, 1.165) is 5.69 Å². The van der Waals surface area contributed by atoms with Crippen LogP contribution in [0.3, 0.4) is 0 Å². The molecule has 2 aromatic heterocycles. The van der Waals surface area contributed by atoms with Crippen LogP contribution in [0.4, 0.5) is 5.82 Å². The Bertz CT molecular complexity index is 525. The molecule has 0 spiro atoms. The summed E-state index contributed by atoms with van der Waals surface area (Å²) in [5.41, 5.74) is 6.33. The summed E-state index contributed by atoms with van der Waals surface area (Å²) in [6.07, 6.45) is 1.68. The molecule has 0 atom stereocenters. The number of amides is 1. The van der Waals surface area contributed by atoms with Crippen LogP contribution in [0.15, 0.2) is 29.0 Å². The molecule has 0 radical (unpaired) electrons. The summed E-state index contributed by atoms with van der Waals surface area (Å²) >= 11 is 0. The van der Waals surface area contributed by atoms with Crippen molar-refractivity contribution < 1.29 is 9.42 Å². The van der Waals surface area contributed by atoms with Crippen LogP contribution in [0.1, 0.15) is 23.1 Å². The molecule has 0 saturated carbocycles. The maximum Gasteiger partial charge on any atom is 0.280 e. The summed E-state index contributed by atoms with van der Waals surface area (Å²) in [6.45, 7) is 2.77. The molecule has 0 unspecified atom stereocenters. The van der Waals surface area contributed by atoms with Gasteiger partial charge in [0.25, 0.3) is 5.91 Å². The highest BCUT2D eigenvalue weighted by atomic mass is 16.6. The normalized spacial score (nSPS) is 10.3. The average molecular weight is 247 g/mol. The van der Waals surface area contributed by atoms with Crippen LogP contribution in [0.5, 0.6) is 0 Å². The molecule has 2 heterocycles. The molecule has 0 fully saturated rings. The first-order valence-corrected chi connectivity index (χ1v) is 5.49. The summed E-state index contributed by atoms with van der Waals surface area (Å²) in [7, 11) is 0. The summed E-state index contributed by atoms with van der Waals surface area (Å²) in [5, 5.41) is 6.89. The molecule has 7 nitrogen and oxygen atoms in total. The molecule has 0 aliphatic carbocycles. The molecular weight excluding hydrogens is 234 g/mol. The Hall–Kier alpha value is -2.44. The van der Waals surface area contributed by atoms with Gasteiger partial charge in [0.05, 0.1) is 12.2 Å². The standard InChI is InChI=1S/C11H13N5O2/c1-2-16(7-8-5-3-4-6-13-8)11(17)9-10(12)15-18-14-9/h3-6H,2,7H2,1H3,(H2,12,15). The van der Waals surface area contributed by atoms with Crippen molar-refractivity contribution in [2.45, 2.75) is 13.5 Å². The Labute approximate surface area is 104 Å². The smallest absolute Gasteiger partial charge is 0.280 e. The molecule has 94 valence electrons. The van der Waals surface area contributed by atoms with Crippen molar-refractivity contribution in [1.29, 1.82) is 0 Å². The molecule has 1 amide bonds. The predicted octanol–water partition coefficient (Wildman–Crippen LogP) is 0.709. The number of pyridine rings is 1. The maximum absolute atomic E-state index is 12.1. The number of nitrogens with zero attached hydrogens (tertiary/aromatic N) is 4. The van der Waals surface area contributed by atoms with Crippen LogP contribution in [-0.4, -0.2) is 32.6 Å². The molecule has 2 N–H and O–H groups in total. The summed E-state index contributed by atoms with van der Waals surface area (Å²) in [6, 6.07) is 5.54. The van der Waals surface area contributed by atoms with Crippen molar-refractivity contribution >= 4 is 11.7 Å². The molecule has 2 aromatic rings. The van der Waals surface area contributed by atoms with Crippen LogP contribution < -0.4 is 5.73 Å². The first kappa shape index (κ1) is 12.0. The van der Waals surface area contributed by atoms with E-state index in [1.54, 1.807) is 11.1 Å². The summed E-state index contributed by atoms with van der Waals surface area (Å²) < 4.78 is 4.42. The summed E-state index contributed by atoms with van der Waals surface area (Å²) in [5.74, 6) is -0.318. The van der Waals surface area contributed by atoms with Crippen molar-refractivity contribution in [3.8, 4) is 0 Å². The lowest BCUT2D eigenvalue weighted by Crippen LogP contribution is -2.31. The van der Waals surface area contributed by atoms with E-state index in [1.165, 1.54) is 0 Å². The van der Waals surface area contributed by atoms with E-state index in [9.17, 15) is 4.79 Å². The minimum Gasteiger partial charge on any atom is -0.379 e. The van der Waals surface area contributed by atoms with Gasteiger partial charge in [0, 0.05) is 12.7 Å². The number of nitrogen functional groups attached to an aromatic ring is 1. The van der Waals surface area contributed by atoms with E-state index >= 15 is 0 Å². The number of carbonyl (C=O) groups excluding carboxylic acids is 1. The van der Waals surface area contributed by atoms with E-state index < -0.39 is 0 Å². The van der Waals surface area contributed by atoms with Crippen LogP contribution in [0.25, 0.3) is 0 Å². The highest BCUT2D eigenvalue weighted by Gasteiger charge is 2.22. The molecule has 0 aliphatic heterocycles. The second-order valence-electron chi connectivity index (χ2n) is 3.64. The zero-order chi connectivity index (χ0) is 13.0. The first-order chi connectivity index (χ1) is 8.72. The van der Waals surface area contributed by atoms with E-state index in [4.69, 9.17) is 5.73 Å². The average Bonchev–Trinajstić information content (AvgIpc) is 2.82. The Balaban J connectivity index is 2.15. The van der Waals surface area contributed by atoms with Crippen molar-refractivity contribution in [3.63, 3.8) is 0 Å². The lowest BCUT2D eigenvalue weighted by molar-refractivity contribution is 0.0740. The minimum atomic E-state index is -0.318. The van der Waals surface area contributed by atoms with Crippen LogP contribution in [0, 0.1) is 0 Å². The van der Waals surface area contributed by atoms with Crippen molar-refractivity contribution in [3.05, 3.63) is 35.8 Å². The van der Waals surface area contributed by atoms with Gasteiger partial charge in [-0.15, -0.1) is 0 Å². The zero-order valence-corrected chi connectivity index (χ0v) is 9.91. The molecule has 18 heavy (non-hydrogen) atoms. The molecule has 0 saturated heterocycles. The van der Waals surface area contributed by atoms with Gasteiger partial charge in [-0.2, -0.15) is 0 Å². The fourth-order valence-electron chi connectivity index (χ4n) is 1.51. The Kier molecular flexibility index (Phi) is 3.52. The largest absolute Gasteiger partial charge is 0.379 e. The summed E-state index contributed by atoms with van der Waals surface area (Å²) in [4.78, 5) is 17.9. The second kappa shape index (κ2) is 5.26. The Morgan fingerprint density at radius 1 is 1.44 bits per heavy atom. The third-order valence-electron chi connectivity index (χ3n) is 2.46. The van der Waals surface area contributed by atoms with Crippen LogP contribution in [-0.2, 0) is 6.54 Å². The van der Waals surface area contributed by atoms with Crippen LogP contribution >= 0.6 is 0 Å². The van der Waals surface area contributed by atoms with E-state index in [1.807, 2.05) is 25.1 Å². The molecule has 2 rings (SSSR count). The molecule has 0 aromatic carbocycles. The van der Waals surface area contributed by atoms with Gasteiger partial charge in [-0.3, -0.25) is 9.78 Å². The van der Waals surface area contributed by atoms with Crippen molar-refractivity contribution in [2.24, 2.45) is 0 Å². The fraction of sp³-hybridized carbons (Fsp3) is 0.273. The number of rotatable bonds is 4. The fourth-order valence-corrected chi connectivity index (χ4v) is 1.51. The van der Waals surface area contributed by atoms with Crippen molar-refractivity contribution in [2.75, 3.05) is 12.3 Å². The Morgan fingerprint density at radius 2 is 2.28 bits per heavy atom. The maximum atomic E-state index is 12.1. The van der Waals surface area contributed by atoms with E-state index in [2.05, 4.69) is 19.9 Å². The number of hydrogen-bond donors (Lipinski definition) is 1. The molecule has 7 heteroatoms. The minimum absolute atomic E-state index is 0.000490. The number of anilines is 1. The Morgan fingerprint density at radius 3 is 2.83 bits per heavy atom. The topological polar surface area (TPSA) is 98.1 Å². The van der Waals surface area contributed by atoms with Crippen molar-refractivity contribution in [1.82, 2.24) is 20.2 Å². The number of carbonyl (C=O) groups is 1. The zero-order valence-electron chi connectivity index (χ0n) is 9.91. The quantitative estimate of drug-likeness (QED) is 0.854. The molecular formula is C11H13N5O2. The van der Waals surface area contributed by atoms with Gasteiger partial charge in [0.1, 0.15) is 0 Å². The first-order valence-electron chi connectivity index (χ1n) is 5.49. The van der Waals surface area contributed by atoms with E-state index in [-0.39, 0.29) is 17.4 Å². The highest BCUT2D eigenvalue weighted by molar-refractivity contribution is 5.95. The van der Waals surface area contributed by atoms with Gasteiger partial charge < -0.3 is 10.6 Å². The third-order valence-corrected chi connectivity index (χ3v) is 2.46. The lowest BCUT2D eigenvalue weighted by atomic mass is 10.3. The number of aromatic nitrogens is 3. The van der Waals surface area contributed by atoms with Gasteiger partial charge in [0.15, 0.2) is 0 Å². The lowest BCUT2D eigenvalue weighted by Gasteiger charge is -2.18. The third kappa shape index (κ3) is 2.45. The molecule has 0 aliphatic rings. The highest BCUT2D eigenvalue weighted by Crippen LogP contribution is 2.10. The SMILES string of the molecule is CCN(Cc1ccccn1)C(=O)c1nonc1N. The van der Waals surface area contributed by atoms with E-state index in [0.29, 0.717) is 13.1 Å². The number of nitrogens with two attached hydrogens (primary N) is 1. The van der Waals surface area contributed by atoms with Gasteiger partial charge in [-0.25, -0.2) is 4.63 Å². The van der Waals surface area contributed by atoms with Gasteiger partial charge in [-0.05, 0) is 29.4 Å². The van der Waals surface area contributed by atoms with Crippen LogP contribution in [0.2, 0.25) is 0 Å². The van der Waals surface area contributed by atoms with Gasteiger partial charge in [-0.1, -0.05) is 6.07 Å². The van der Waals surface area contributed by atoms with Gasteiger partial charge in [0.2, 0.25) is 11.5 Å². The predicted molar refractivity (Wildman–Crippen MR) is 63.4 cm³/mol. The van der Waals surface area contributed by atoms with Gasteiger partial charge >= 0.3 is 0 Å². The second-order valence-corrected chi connectivity index (χ2v) is 3.64. The monoisotopic (exact) mass is 247 g/mol.